The number of allylic oxidation sites excluding steroid dienone is 1. The molecule has 44 heavy (non-hydrogen) atoms. The molecule has 14 heteroatoms. The number of ether oxygens (including phenoxy) is 2. The maximum Gasteiger partial charge on any atom is 0.418 e. The van der Waals surface area contributed by atoms with Gasteiger partial charge in [0.1, 0.15) is 18.4 Å². The number of thioether (sulfide) groups is 1. The highest BCUT2D eigenvalue weighted by molar-refractivity contribution is 7.99. The van der Waals surface area contributed by atoms with Crippen LogP contribution in [0.3, 0.4) is 0 Å². The third-order valence-electron chi connectivity index (χ3n) is 7.13. The first-order valence-electron chi connectivity index (χ1n) is 13.7. The highest BCUT2D eigenvalue weighted by Gasteiger charge is 2.49. The quantitative estimate of drug-likeness (QED) is 0.0923. The number of aliphatic imine (C=N–C) groups is 1. The van der Waals surface area contributed by atoms with Crippen molar-refractivity contribution in [3.63, 3.8) is 0 Å². The molecule has 0 saturated heterocycles. The van der Waals surface area contributed by atoms with Crippen LogP contribution >= 0.6 is 23.4 Å². The van der Waals surface area contributed by atoms with Crippen molar-refractivity contribution in [1.29, 1.82) is 0 Å². The number of rotatable bonds is 12. The van der Waals surface area contributed by atoms with Crippen molar-refractivity contribution < 1.29 is 41.0 Å². The molecular formula is C30H29ClF5N3O4S. The maximum absolute atomic E-state index is 15.3. The molecule has 2 atom stereocenters. The molecule has 0 saturated carbocycles. The summed E-state index contributed by atoms with van der Waals surface area (Å²) in [6.45, 7) is -0.192. The van der Waals surface area contributed by atoms with E-state index in [0.717, 1.165) is 41.9 Å². The third kappa shape index (κ3) is 7.43. The largest absolute Gasteiger partial charge is 0.468 e. The number of H-pyrrole nitrogens is 1. The fourth-order valence-electron chi connectivity index (χ4n) is 5.15. The molecule has 2 unspecified atom stereocenters. The molecule has 2 aromatic carbocycles. The Balaban J connectivity index is 1.46. The number of carbonyl (C=O) groups excluding carboxylic acids is 2. The molecular weight excluding hydrogens is 629 g/mol. The van der Waals surface area contributed by atoms with Crippen LogP contribution in [0.15, 0.2) is 57.8 Å². The number of imidazole rings is 1. The minimum Gasteiger partial charge on any atom is -0.468 e. The fraction of sp³-hybridized carbons (Fsp3) is 0.400. The highest BCUT2D eigenvalue weighted by Crippen LogP contribution is 2.48. The number of nitrogens with one attached hydrogen (secondary N) is 1. The number of aromatic amines is 1. The number of fused-ring (bicyclic) bond motifs is 1. The highest BCUT2D eigenvalue weighted by atomic mass is 35.5. The van der Waals surface area contributed by atoms with Gasteiger partial charge in [0.15, 0.2) is 5.16 Å². The molecule has 3 aromatic rings. The van der Waals surface area contributed by atoms with Crippen LogP contribution in [0.1, 0.15) is 49.7 Å². The van der Waals surface area contributed by atoms with E-state index >= 15 is 4.39 Å². The van der Waals surface area contributed by atoms with Gasteiger partial charge in [0.25, 0.3) is 0 Å². The van der Waals surface area contributed by atoms with E-state index in [9.17, 15) is 27.2 Å². The van der Waals surface area contributed by atoms with Crippen molar-refractivity contribution >= 4 is 52.0 Å². The Morgan fingerprint density at radius 1 is 1.09 bits per heavy atom. The van der Waals surface area contributed by atoms with Gasteiger partial charge in [-0.1, -0.05) is 48.3 Å². The fourth-order valence-corrected chi connectivity index (χ4v) is 6.31. The number of hydrogen-bond acceptors (Lipinski definition) is 7. The smallest absolute Gasteiger partial charge is 0.418 e. The summed E-state index contributed by atoms with van der Waals surface area (Å²) in [4.78, 5) is 37.8. The van der Waals surface area contributed by atoms with Crippen LogP contribution in [0.2, 0.25) is 5.02 Å². The molecule has 1 aliphatic rings. The summed E-state index contributed by atoms with van der Waals surface area (Å²) in [5.41, 5.74) is -2.05. The van der Waals surface area contributed by atoms with Gasteiger partial charge in [-0.2, -0.15) is 13.2 Å². The lowest BCUT2D eigenvalue weighted by molar-refractivity contribution is -0.145. The van der Waals surface area contributed by atoms with Crippen LogP contribution in [0.5, 0.6) is 0 Å². The summed E-state index contributed by atoms with van der Waals surface area (Å²) < 4.78 is 81.9. The Morgan fingerprint density at radius 2 is 1.82 bits per heavy atom. The Labute approximate surface area is 259 Å². The second-order valence-electron chi connectivity index (χ2n) is 9.99. The number of para-hydroxylation sites is 2. The number of aromatic nitrogens is 2. The Morgan fingerprint density at radius 3 is 2.50 bits per heavy atom. The minimum atomic E-state index is -5.18. The predicted molar refractivity (Wildman–Crippen MR) is 157 cm³/mol. The average molecular weight is 658 g/mol. The lowest BCUT2D eigenvalue weighted by atomic mass is 9.73. The van der Waals surface area contributed by atoms with Crippen LogP contribution in [-0.2, 0) is 25.2 Å². The summed E-state index contributed by atoms with van der Waals surface area (Å²) in [7, 11) is 0.937. The van der Waals surface area contributed by atoms with Gasteiger partial charge >= 0.3 is 18.1 Å². The van der Waals surface area contributed by atoms with Crippen LogP contribution < -0.4 is 0 Å². The van der Waals surface area contributed by atoms with Crippen molar-refractivity contribution in [2.45, 2.75) is 49.9 Å². The summed E-state index contributed by atoms with van der Waals surface area (Å²) >= 11 is 7.45. The van der Waals surface area contributed by atoms with E-state index in [1.54, 1.807) is 11.8 Å². The third-order valence-corrected chi connectivity index (χ3v) is 8.41. The molecule has 2 heterocycles. The first-order chi connectivity index (χ1) is 21.0. The number of methoxy groups -OCH3 is 1. The number of carbonyl (C=O) groups is 2. The van der Waals surface area contributed by atoms with Crippen LogP contribution in [0.25, 0.3) is 11.0 Å². The Hall–Kier alpha value is -3.45. The SMILES string of the molecule is COC(=O)C1C(CF)=NC(C)=C(C(=O)OCCCCCCSc2nc3ccccc3[nH]2)C1c1c(F)ccc(Cl)c1C(F)(F)F. The van der Waals surface area contributed by atoms with Crippen LogP contribution in [-0.4, -0.2) is 53.8 Å². The van der Waals surface area contributed by atoms with Crippen molar-refractivity contribution in [2.75, 3.05) is 26.1 Å². The molecule has 0 bridgehead atoms. The van der Waals surface area contributed by atoms with E-state index in [4.69, 9.17) is 21.1 Å². The Kier molecular flexibility index (Phi) is 11.1. The van der Waals surface area contributed by atoms with E-state index in [1.165, 1.54) is 6.92 Å². The molecule has 0 radical (unpaired) electrons. The number of esters is 2. The molecule has 7 nitrogen and oxygen atoms in total. The minimum absolute atomic E-state index is 0.0915. The molecule has 236 valence electrons. The standard InChI is InChI=1S/C30H29ClF5N3O4S/c1-16-22(28(41)43-13-7-3-4-8-14-44-29-38-19-9-5-6-10-20(19)39-29)25(24(27(40)42-2)21(15-32)37-16)23-18(33)12-11-17(31)26(23)30(34,35)36/h5-6,9-12,24-25H,3-4,7-8,13-15H2,1-2H3,(H,38,39). The van der Waals surface area contributed by atoms with E-state index in [2.05, 4.69) is 15.0 Å². The number of nitrogens with zero attached hydrogens (tertiary/aromatic N) is 2. The zero-order chi connectivity index (χ0) is 32.0. The average Bonchev–Trinajstić information content (AvgIpc) is 3.40. The predicted octanol–water partition coefficient (Wildman–Crippen LogP) is 7.84. The van der Waals surface area contributed by atoms with Crippen LogP contribution in [0.4, 0.5) is 22.0 Å². The van der Waals surface area contributed by atoms with E-state index in [-0.39, 0.29) is 12.3 Å². The van der Waals surface area contributed by atoms with Gasteiger partial charge in [-0.3, -0.25) is 9.79 Å². The van der Waals surface area contributed by atoms with Gasteiger partial charge in [-0.05, 0) is 44.0 Å². The molecule has 0 spiro atoms. The second-order valence-corrected chi connectivity index (χ2v) is 11.5. The lowest BCUT2D eigenvalue weighted by Gasteiger charge is -2.33. The summed E-state index contributed by atoms with van der Waals surface area (Å²) in [5.74, 6) is -6.70. The van der Waals surface area contributed by atoms with Crippen LogP contribution in [0, 0.1) is 11.7 Å². The molecule has 0 fully saturated rings. The lowest BCUT2D eigenvalue weighted by Crippen LogP contribution is -2.39. The van der Waals surface area contributed by atoms with Gasteiger partial charge in [0.05, 0.1) is 46.6 Å². The van der Waals surface area contributed by atoms with Gasteiger partial charge in [0.2, 0.25) is 0 Å². The van der Waals surface area contributed by atoms with Crippen molar-refractivity contribution in [2.24, 2.45) is 10.9 Å². The zero-order valence-electron chi connectivity index (χ0n) is 23.8. The van der Waals surface area contributed by atoms with Crippen molar-refractivity contribution in [3.05, 3.63) is 69.6 Å². The topological polar surface area (TPSA) is 93.6 Å². The first kappa shape index (κ1) is 33.4. The zero-order valence-corrected chi connectivity index (χ0v) is 25.3. The first-order valence-corrected chi connectivity index (χ1v) is 15.1. The molecule has 0 aliphatic carbocycles. The molecule has 1 aromatic heterocycles. The van der Waals surface area contributed by atoms with E-state index in [1.807, 2.05) is 24.3 Å². The van der Waals surface area contributed by atoms with E-state index < -0.39 is 69.9 Å². The number of unbranched alkanes of at least 4 members (excludes halogenated alkanes) is 3. The number of benzene rings is 2. The molecule has 1 N–H and O–H groups in total. The summed E-state index contributed by atoms with van der Waals surface area (Å²) in [6.07, 6.45) is -2.38. The number of alkyl halides is 4. The van der Waals surface area contributed by atoms with Crippen molar-refractivity contribution in [3.8, 4) is 0 Å². The van der Waals surface area contributed by atoms with Gasteiger partial charge in [-0.25, -0.2) is 18.6 Å². The van der Waals surface area contributed by atoms with Gasteiger partial charge in [-0.15, -0.1) is 0 Å². The number of hydrogen-bond donors (Lipinski definition) is 1. The second kappa shape index (κ2) is 14.6. The Bertz CT molecular complexity index is 1560. The van der Waals surface area contributed by atoms with Crippen molar-refractivity contribution in [1.82, 2.24) is 9.97 Å². The van der Waals surface area contributed by atoms with Gasteiger partial charge < -0.3 is 14.5 Å². The molecule has 0 amide bonds. The monoisotopic (exact) mass is 657 g/mol. The molecule has 1 aliphatic heterocycles. The summed E-state index contributed by atoms with van der Waals surface area (Å²) in [6, 6.07) is 9.11. The van der Waals surface area contributed by atoms with E-state index in [0.29, 0.717) is 25.0 Å². The molecule has 4 rings (SSSR count). The number of halogens is 6. The summed E-state index contributed by atoms with van der Waals surface area (Å²) in [5, 5.41) is -0.0369. The normalized spacial score (nSPS) is 17.1. The maximum atomic E-state index is 15.3. The van der Waals surface area contributed by atoms with Gasteiger partial charge in [0, 0.05) is 22.9 Å².